The van der Waals surface area contributed by atoms with Crippen LogP contribution in [-0.4, -0.2) is 96.7 Å². The number of phosphoric acid groups is 2. The number of phosphoric ester groups is 2. The number of hydrogen-bond donors (Lipinski definition) is 3. The summed E-state index contributed by atoms with van der Waals surface area (Å²) < 4.78 is 67.7. The maximum absolute atomic E-state index is 12.9. The molecule has 0 amide bonds. The molecule has 0 aromatic rings. The number of ether oxygens (including phenoxy) is 4. The van der Waals surface area contributed by atoms with Gasteiger partial charge in [0, 0.05) is 25.7 Å². The lowest BCUT2D eigenvalue weighted by Gasteiger charge is -2.21. The van der Waals surface area contributed by atoms with E-state index < -0.39 is 97.5 Å². The van der Waals surface area contributed by atoms with E-state index in [1.165, 1.54) is 109 Å². The number of aliphatic hydroxyl groups is 1. The number of aliphatic hydroxyl groups excluding tert-OH is 1. The van der Waals surface area contributed by atoms with Gasteiger partial charge in [-0.2, -0.15) is 0 Å². The largest absolute Gasteiger partial charge is 0.472 e. The third-order valence-corrected chi connectivity index (χ3v) is 15.9. The van der Waals surface area contributed by atoms with E-state index in [4.69, 9.17) is 37.0 Å². The van der Waals surface area contributed by atoms with Gasteiger partial charge in [0.05, 0.1) is 26.4 Å². The molecule has 0 aliphatic heterocycles. The number of carbonyl (C=O) groups excluding carboxylic acids is 4. The van der Waals surface area contributed by atoms with Crippen molar-refractivity contribution in [3.05, 3.63) is 0 Å². The van der Waals surface area contributed by atoms with Gasteiger partial charge in [-0.1, -0.05) is 247 Å². The van der Waals surface area contributed by atoms with Crippen LogP contribution in [0.3, 0.4) is 0 Å². The van der Waals surface area contributed by atoms with E-state index in [-0.39, 0.29) is 25.7 Å². The highest BCUT2D eigenvalue weighted by molar-refractivity contribution is 7.47. The lowest BCUT2D eigenvalue weighted by Crippen LogP contribution is -2.30. The molecule has 0 spiro atoms. The molecule has 0 fully saturated rings. The van der Waals surface area contributed by atoms with Crippen molar-refractivity contribution in [2.75, 3.05) is 39.6 Å². The third kappa shape index (κ3) is 55.3. The van der Waals surface area contributed by atoms with Crippen molar-refractivity contribution in [3.8, 4) is 0 Å². The molecule has 0 radical (unpaired) electrons. The first-order valence-corrected chi connectivity index (χ1v) is 35.0. The molecule has 19 heteroatoms. The molecular weight excluding hydrogens is 1070 g/mol. The molecule has 0 aliphatic rings. The molecule has 0 rings (SSSR count). The Morgan fingerprint density at radius 3 is 0.850 bits per heavy atom. The summed E-state index contributed by atoms with van der Waals surface area (Å²) in [6.07, 6.45) is 35.2. The van der Waals surface area contributed by atoms with Crippen LogP contribution < -0.4 is 0 Å². The summed E-state index contributed by atoms with van der Waals surface area (Å²) >= 11 is 0. The Hall–Kier alpha value is -1.94. The molecule has 0 aromatic heterocycles. The van der Waals surface area contributed by atoms with Gasteiger partial charge in [0.15, 0.2) is 12.2 Å². The van der Waals surface area contributed by atoms with Gasteiger partial charge in [-0.3, -0.25) is 37.3 Å². The van der Waals surface area contributed by atoms with Crippen LogP contribution in [0.5, 0.6) is 0 Å². The van der Waals surface area contributed by atoms with E-state index in [1.807, 2.05) is 0 Å². The van der Waals surface area contributed by atoms with Crippen LogP contribution in [0, 0.1) is 11.8 Å². The highest BCUT2D eigenvalue weighted by atomic mass is 31.2. The summed E-state index contributed by atoms with van der Waals surface area (Å²) in [4.78, 5) is 71.8. The number of unbranched alkanes of at least 4 members (excludes halogenated alkanes) is 30. The molecule has 0 bridgehead atoms. The Bertz CT molecular complexity index is 1580. The number of esters is 4. The van der Waals surface area contributed by atoms with Crippen molar-refractivity contribution in [1.82, 2.24) is 0 Å². The molecule has 474 valence electrons. The van der Waals surface area contributed by atoms with Gasteiger partial charge in [-0.15, -0.1) is 0 Å². The minimum absolute atomic E-state index is 0.102. The Morgan fingerprint density at radius 1 is 0.338 bits per heavy atom. The van der Waals surface area contributed by atoms with Crippen LogP contribution in [0.15, 0.2) is 0 Å². The Balaban J connectivity index is 5.19. The summed E-state index contributed by atoms with van der Waals surface area (Å²) in [6.45, 7) is 9.31. The molecule has 3 N–H and O–H groups in total. The molecular formula is C61H118O17P2. The Labute approximate surface area is 486 Å². The summed E-state index contributed by atoms with van der Waals surface area (Å²) in [6, 6.07) is 0. The zero-order chi connectivity index (χ0) is 59.4. The quantitative estimate of drug-likeness (QED) is 0.0222. The first-order valence-electron chi connectivity index (χ1n) is 32.0. The van der Waals surface area contributed by atoms with Crippen LogP contribution >= 0.6 is 15.6 Å². The number of carbonyl (C=O) groups is 4. The average Bonchev–Trinajstić information content (AvgIpc) is 3.41. The maximum Gasteiger partial charge on any atom is 0.472 e. The Morgan fingerprint density at radius 2 is 0.575 bits per heavy atom. The van der Waals surface area contributed by atoms with E-state index in [0.717, 1.165) is 102 Å². The predicted molar refractivity (Wildman–Crippen MR) is 317 cm³/mol. The minimum atomic E-state index is -4.94. The fourth-order valence-electron chi connectivity index (χ4n) is 9.00. The van der Waals surface area contributed by atoms with Crippen molar-refractivity contribution in [1.29, 1.82) is 0 Å². The summed E-state index contributed by atoms with van der Waals surface area (Å²) in [5.74, 6) is -0.702. The fraction of sp³-hybridized carbons (Fsp3) is 0.934. The molecule has 0 heterocycles. The van der Waals surface area contributed by atoms with Crippen molar-refractivity contribution >= 4 is 39.5 Å². The van der Waals surface area contributed by atoms with Gasteiger partial charge in [-0.25, -0.2) is 9.13 Å². The zero-order valence-electron chi connectivity index (χ0n) is 51.4. The van der Waals surface area contributed by atoms with E-state index in [2.05, 4.69) is 41.5 Å². The molecule has 0 aromatic carbocycles. The second-order valence-corrected chi connectivity index (χ2v) is 25.9. The van der Waals surface area contributed by atoms with Gasteiger partial charge >= 0.3 is 39.5 Å². The van der Waals surface area contributed by atoms with Crippen LogP contribution in [-0.2, 0) is 65.4 Å². The first-order chi connectivity index (χ1) is 38.4. The Kier molecular flexibility index (Phi) is 52.5. The van der Waals surface area contributed by atoms with Crippen molar-refractivity contribution in [2.24, 2.45) is 11.8 Å². The average molecular weight is 1190 g/mol. The number of hydrogen-bond acceptors (Lipinski definition) is 15. The van der Waals surface area contributed by atoms with E-state index in [9.17, 15) is 43.2 Å². The van der Waals surface area contributed by atoms with Crippen LogP contribution in [0.25, 0.3) is 0 Å². The lowest BCUT2D eigenvalue weighted by atomic mass is 10.0. The van der Waals surface area contributed by atoms with Crippen molar-refractivity contribution in [2.45, 2.75) is 317 Å². The standard InChI is InChI=1S/C61H118O17P2/c1-7-9-11-13-14-15-16-17-21-26-32-38-44-59(64)72-50-57(78-60(65)45-39-33-27-22-19-18-20-24-30-35-41-53(3)4)52-76-80(69,70)74-48-55(62)47-73-79(67,68)75-51-56(49-71-58(63)43-37-29-12-10-8-2)77-61(66)46-40-34-28-23-25-31-36-42-54(5)6/h53-57,62H,7-52H2,1-6H3,(H,67,68)(H,69,70)/t55-,56+,57+/m0/s1. The molecule has 17 nitrogen and oxygen atoms in total. The van der Waals surface area contributed by atoms with Gasteiger partial charge in [0.1, 0.15) is 19.3 Å². The van der Waals surface area contributed by atoms with E-state index in [1.54, 1.807) is 0 Å². The first kappa shape index (κ1) is 78.1. The van der Waals surface area contributed by atoms with Crippen LogP contribution in [0.1, 0.15) is 298 Å². The summed E-state index contributed by atoms with van der Waals surface area (Å²) in [5, 5.41) is 10.5. The fourth-order valence-corrected chi connectivity index (χ4v) is 10.6. The van der Waals surface area contributed by atoms with Crippen LogP contribution in [0.4, 0.5) is 0 Å². The topological polar surface area (TPSA) is 237 Å². The second kappa shape index (κ2) is 53.8. The van der Waals surface area contributed by atoms with Crippen molar-refractivity contribution in [3.63, 3.8) is 0 Å². The van der Waals surface area contributed by atoms with Crippen molar-refractivity contribution < 1.29 is 80.2 Å². The molecule has 0 saturated heterocycles. The summed E-state index contributed by atoms with van der Waals surface area (Å²) in [5.41, 5.74) is 0. The SMILES string of the molecule is CCCCCCCCCCCCCCC(=O)OC[C@H](COP(=O)(O)OC[C@@H](O)COP(=O)(O)OC[C@@H](COC(=O)CCCCCCC)OC(=O)CCCCCCCCCC(C)C)OC(=O)CCCCCCCCCCCCC(C)C. The van der Waals surface area contributed by atoms with E-state index >= 15 is 0 Å². The molecule has 2 unspecified atom stereocenters. The zero-order valence-corrected chi connectivity index (χ0v) is 53.2. The minimum Gasteiger partial charge on any atom is -0.462 e. The summed E-state index contributed by atoms with van der Waals surface area (Å²) in [7, 11) is -9.87. The van der Waals surface area contributed by atoms with E-state index in [0.29, 0.717) is 31.6 Å². The lowest BCUT2D eigenvalue weighted by molar-refractivity contribution is -0.161. The normalized spacial score (nSPS) is 14.4. The molecule has 80 heavy (non-hydrogen) atoms. The monoisotopic (exact) mass is 1180 g/mol. The molecule has 5 atom stereocenters. The highest BCUT2D eigenvalue weighted by Gasteiger charge is 2.30. The van der Waals surface area contributed by atoms with Gasteiger partial charge in [0.2, 0.25) is 0 Å². The predicted octanol–water partition coefficient (Wildman–Crippen LogP) is 16.5. The third-order valence-electron chi connectivity index (χ3n) is 14.0. The molecule has 0 saturated carbocycles. The molecule has 0 aliphatic carbocycles. The smallest absolute Gasteiger partial charge is 0.462 e. The van der Waals surface area contributed by atoms with Gasteiger partial charge < -0.3 is 33.8 Å². The van der Waals surface area contributed by atoms with Gasteiger partial charge in [0.25, 0.3) is 0 Å². The highest BCUT2D eigenvalue weighted by Crippen LogP contribution is 2.45. The maximum atomic E-state index is 12.9. The van der Waals surface area contributed by atoms with Gasteiger partial charge in [-0.05, 0) is 37.5 Å². The second-order valence-electron chi connectivity index (χ2n) is 23.0. The van der Waals surface area contributed by atoms with Crippen LogP contribution in [0.2, 0.25) is 0 Å². The number of rotatable bonds is 60.